The van der Waals surface area contributed by atoms with Gasteiger partial charge in [0.1, 0.15) is 0 Å². The molecule has 0 amide bonds. The van der Waals surface area contributed by atoms with Gasteiger partial charge in [0.25, 0.3) is 0 Å². The third-order valence-electron chi connectivity index (χ3n) is 2.24. The summed E-state index contributed by atoms with van der Waals surface area (Å²) in [4.78, 5) is 0. The van der Waals surface area contributed by atoms with Crippen molar-refractivity contribution in [1.82, 2.24) is 0 Å². The molecule has 1 saturated carbocycles. The first kappa shape index (κ1) is 5.28. The normalized spacial score (nSPS) is 39.1. The Kier molecular flexibility index (Phi) is 1.18. The molecule has 0 aromatic rings. The number of fused-ring (bicyclic) bond motifs is 1. The first-order valence-corrected chi connectivity index (χ1v) is 3.65. The van der Waals surface area contributed by atoms with Gasteiger partial charge in [-0.1, -0.05) is 24.3 Å². The zero-order chi connectivity index (χ0) is 6.10. The van der Waals surface area contributed by atoms with Crippen LogP contribution in [0.4, 0.5) is 0 Å². The maximum atomic E-state index is 2.42. The summed E-state index contributed by atoms with van der Waals surface area (Å²) < 4.78 is 0. The Morgan fingerprint density at radius 3 is 2.89 bits per heavy atom. The molecular formula is C9H11. The fourth-order valence-electron chi connectivity index (χ4n) is 1.69. The van der Waals surface area contributed by atoms with E-state index in [2.05, 4.69) is 30.7 Å². The summed E-state index contributed by atoms with van der Waals surface area (Å²) in [5.41, 5.74) is 0. The molecule has 1 fully saturated rings. The largest absolute Gasteiger partial charge is 0.0808 e. The summed E-state index contributed by atoms with van der Waals surface area (Å²) in [5.74, 6) is 1.62. The minimum absolute atomic E-state index is 0.773. The zero-order valence-corrected chi connectivity index (χ0v) is 5.46. The van der Waals surface area contributed by atoms with Gasteiger partial charge < -0.3 is 0 Å². The molecule has 0 aliphatic heterocycles. The lowest BCUT2D eigenvalue weighted by Crippen LogP contribution is -2.03. The second-order valence-corrected chi connectivity index (χ2v) is 2.82. The molecule has 1 radical (unpaired) electrons. The van der Waals surface area contributed by atoms with E-state index >= 15 is 0 Å². The van der Waals surface area contributed by atoms with Crippen molar-refractivity contribution in [3.8, 4) is 0 Å². The van der Waals surface area contributed by atoms with E-state index in [1.165, 1.54) is 12.8 Å². The van der Waals surface area contributed by atoms with E-state index < -0.39 is 0 Å². The second kappa shape index (κ2) is 2.02. The lowest BCUT2D eigenvalue weighted by atomic mass is 9.92. The number of hydrogen-bond acceptors (Lipinski definition) is 0. The molecule has 0 aromatic heterocycles. The van der Waals surface area contributed by atoms with E-state index in [1.54, 1.807) is 0 Å². The molecule has 2 atom stereocenters. The predicted octanol–water partition coefficient (Wildman–Crippen LogP) is 2.34. The van der Waals surface area contributed by atoms with Crippen LogP contribution in [0.1, 0.15) is 12.8 Å². The summed E-state index contributed by atoms with van der Waals surface area (Å²) in [5, 5.41) is 0. The van der Waals surface area contributed by atoms with Crippen LogP contribution in [0.3, 0.4) is 0 Å². The Balaban J connectivity index is 2.18. The lowest BCUT2D eigenvalue weighted by Gasteiger charge is -2.13. The fraction of sp³-hybridized carbons (Fsp3) is 0.444. The second-order valence-electron chi connectivity index (χ2n) is 2.82. The Morgan fingerprint density at radius 2 is 2.00 bits per heavy atom. The van der Waals surface area contributed by atoms with Gasteiger partial charge in [0.05, 0.1) is 0 Å². The van der Waals surface area contributed by atoms with Gasteiger partial charge in [-0.25, -0.2) is 0 Å². The molecule has 0 bridgehead atoms. The quantitative estimate of drug-likeness (QED) is 0.459. The molecule has 2 aliphatic carbocycles. The van der Waals surface area contributed by atoms with Gasteiger partial charge in [0, 0.05) is 0 Å². The van der Waals surface area contributed by atoms with Gasteiger partial charge in [-0.3, -0.25) is 0 Å². The Morgan fingerprint density at radius 1 is 1.11 bits per heavy atom. The van der Waals surface area contributed by atoms with E-state index in [1.807, 2.05) is 0 Å². The minimum atomic E-state index is 0.773. The first-order chi connectivity index (χ1) is 4.47. The standard InChI is InChI=1S/C9H11/c1-2-5-9-7-3-6-8(9)4-1/h1-2,4-6,8-9H,3,7H2. The molecule has 2 unspecified atom stereocenters. The van der Waals surface area contributed by atoms with Crippen LogP contribution < -0.4 is 0 Å². The van der Waals surface area contributed by atoms with E-state index in [4.69, 9.17) is 0 Å². The van der Waals surface area contributed by atoms with Crippen LogP contribution in [0.25, 0.3) is 0 Å². The van der Waals surface area contributed by atoms with Gasteiger partial charge >= 0.3 is 0 Å². The SMILES string of the molecule is [CH]1CCC2C=CC=CC12. The monoisotopic (exact) mass is 119 g/mol. The van der Waals surface area contributed by atoms with Crippen molar-refractivity contribution in [3.05, 3.63) is 30.7 Å². The molecule has 2 aliphatic rings. The van der Waals surface area contributed by atoms with Crippen LogP contribution in [0.5, 0.6) is 0 Å². The maximum absolute atomic E-state index is 2.42. The van der Waals surface area contributed by atoms with Crippen molar-refractivity contribution in [3.63, 3.8) is 0 Å². The van der Waals surface area contributed by atoms with Crippen LogP contribution in [0, 0.1) is 18.3 Å². The Labute approximate surface area is 56.3 Å². The smallest absolute Gasteiger partial charge is 0.0136 e. The van der Waals surface area contributed by atoms with Crippen molar-refractivity contribution < 1.29 is 0 Å². The highest BCUT2D eigenvalue weighted by molar-refractivity contribution is 5.19. The van der Waals surface area contributed by atoms with E-state index in [0.29, 0.717) is 0 Å². The van der Waals surface area contributed by atoms with Crippen LogP contribution >= 0.6 is 0 Å². The van der Waals surface area contributed by atoms with Crippen LogP contribution in [-0.4, -0.2) is 0 Å². The third kappa shape index (κ3) is 0.827. The number of hydrogen-bond donors (Lipinski definition) is 0. The highest BCUT2D eigenvalue weighted by Gasteiger charge is 2.23. The highest BCUT2D eigenvalue weighted by Crippen LogP contribution is 2.34. The molecule has 0 heterocycles. The molecular weight excluding hydrogens is 108 g/mol. The van der Waals surface area contributed by atoms with E-state index in [9.17, 15) is 0 Å². The number of allylic oxidation sites excluding steroid dienone is 4. The Hall–Kier alpha value is -0.520. The van der Waals surface area contributed by atoms with E-state index in [0.717, 1.165) is 11.8 Å². The van der Waals surface area contributed by atoms with Crippen molar-refractivity contribution in [1.29, 1.82) is 0 Å². The Bertz CT molecular complexity index is 135. The minimum Gasteiger partial charge on any atom is -0.0808 e. The van der Waals surface area contributed by atoms with Crippen LogP contribution in [0.15, 0.2) is 24.3 Å². The third-order valence-corrected chi connectivity index (χ3v) is 2.24. The van der Waals surface area contributed by atoms with Crippen LogP contribution in [-0.2, 0) is 0 Å². The zero-order valence-electron chi connectivity index (χ0n) is 5.46. The fourth-order valence-corrected chi connectivity index (χ4v) is 1.69. The van der Waals surface area contributed by atoms with Gasteiger partial charge in [-0.15, -0.1) is 0 Å². The molecule has 2 rings (SSSR count). The highest BCUT2D eigenvalue weighted by atomic mass is 14.3. The molecule has 0 aromatic carbocycles. The van der Waals surface area contributed by atoms with Crippen molar-refractivity contribution in [2.75, 3.05) is 0 Å². The summed E-state index contributed by atoms with van der Waals surface area (Å²) >= 11 is 0. The molecule has 0 spiro atoms. The van der Waals surface area contributed by atoms with Crippen molar-refractivity contribution >= 4 is 0 Å². The van der Waals surface area contributed by atoms with Gasteiger partial charge in [-0.2, -0.15) is 0 Å². The summed E-state index contributed by atoms with van der Waals surface area (Å²) in [6.45, 7) is 0. The first-order valence-electron chi connectivity index (χ1n) is 3.65. The summed E-state index contributed by atoms with van der Waals surface area (Å²) in [6, 6.07) is 0. The maximum Gasteiger partial charge on any atom is -0.0136 e. The van der Waals surface area contributed by atoms with Crippen LogP contribution in [0.2, 0.25) is 0 Å². The molecule has 0 nitrogen and oxygen atoms in total. The summed E-state index contributed by atoms with van der Waals surface area (Å²) in [7, 11) is 0. The molecule has 47 valence electrons. The van der Waals surface area contributed by atoms with Crippen molar-refractivity contribution in [2.24, 2.45) is 11.8 Å². The molecule has 9 heavy (non-hydrogen) atoms. The average Bonchev–Trinajstić information content (AvgIpc) is 2.33. The number of rotatable bonds is 0. The molecule has 0 heteroatoms. The lowest BCUT2D eigenvalue weighted by molar-refractivity contribution is 0.588. The predicted molar refractivity (Wildman–Crippen MR) is 38.8 cm³/mol. The topological polar surface area (TPSA) is 0 Å². The van der Waals surface area contributed by atoms with Gasteiger partial charge in [0.15, 0.2) is 0 Å². The summed E-state index contributed by atoms with van der Waals surface area (Å²) in [6.07, 6.45) is 14.1. The van der Waals surface area contributed by atoms with Crippen molar-refractivity contribution in [2.45, 2.75) is 12.8 Å². The average molecular weight is 119 g/mol. The van der Waals surface area contributed by atoms with E-state index in [-0.39, 0.29) is 0 Å². The van der Waals surface area contributed by atoms with Gasteiger partial charge in [0.2, 0.25) is 0 Å². The molecule has 0 N–H and O–H groups in total. The molecule has 0 saturated heterocycles. The van der Waals surface area contributed by atoms with Gasteiger partial charge in [-0.05, 0) is 31.1 Å².